The molecule has 3 aromatic rings. The first-order valence-corrected chi connectivity index (χ1v) is 8.35. The van der Waals surface area contributed by atoms with Crippen molar-refractivity contribution in [1.29, 1.82) is 0 Å². The van der Waals surface area contributed by atoms with E-state index in [4.69, 9.17) is 9.72 Å². The van der Waals surface area contributed by atoms with Crippen LogP contribution in [0.15, 0.2) is 36.5 Å². The second-order valence-electron chi connectivity index (χ2n) is 6.12. The summed E-state index contributed by atoms with van der Waals surface area (Å²) in [5.41, 5.74) is 2.81. The Kier molecular flexibility index (Phi) is 4.05. The monoisotopic (exact) mass is 336 g/mol. The summed E-state index contributed by atoms with van der Waals surface area (Å²) in [4.78, 5) is 20.3. The lowest BCUT2D eigenvalue weighted by atomic mass is 10.3. The molecule has 1 aliphatic heterocycles. The van der Waals surface area contributed by atoms with Crippen molar-refractivity contribution in [1.82, 2.24) is 19.9 Å². The molecule has 25 heavy (non-hydrogen) atoms. The van der Waals surface area contributed by atoms with E-state index in [1.54, 1.807) is 19.4 Å². The number of anilines is 2. The van der Waals surface area contributed by atoms with Crippen LogP contribution in [0.2, 0.25) is 0 Å². The maximum Gasteiger partial charge on any atom is 0.226 e. The molecule has 7 nitrogen and oxygen atoms in total. The topological polar surface area (TPSA) is 76.1 Å². The number of methoxy groups -OCH3 is 1. The summed E-state index contributed by atoms with van der Waals surface area (Å²) >= 11 is 0. The molecule has 128 valence electrons. The summed E-state index contributed by atoms with van der Waals surface area (Å²) in [6, 6.07) is 9.97. The summed E-state index contributed by atoms with van der Waals surface area (Å²) in [7, 11) is 1.60. The summed E-state index contributed by atoms with van der Waals surface area (Å²) in [5, 5.41) is 3.38. The molecule has 1 aliphatic rings. The third kappa shape index (κ3) is 3.17. The molecular weight excluding hydrogens is 316 g/mol. The molecule has 1 saturated heterocycles. The van der Waals surface area contributed by atoms with Gasteiger partial charge in [0, 0.05) is 31.4 Å². The fourth-order valence-corrected chi connectivity index (χ4v) is 3.16. The van der Waals surface area contributed by atoms with Crippen molar-refractivity contribution in [3.05, 3.63) is 42.2 Å². The molecule has 0 spiro atoms. The molecule has 0 saturated carbocycles. The van der Waals surface area contributed by atoms with Gasteiger partial charge in [-0.25, -0.2) is 15.0 Å². The van der Waals surface area contributed by atoms with Gasteiger partial charge in [0.25, 0.3) is 0 Å². The first kappa shape index (κ1) is 15.6. The van der Waals surface area contributed by atoms with Gasteiger partial charge in [-0.1, -0.05) is 12.1 Å². The van der Waals surface area contributed by atoms with Gasteiger partial charge in [0.1, 0.15) is 0 Å². The minimum Gasteiger partial charge on any atom is -0.481 e. The second kappa shape index (κ2) is 6.51. The Morgan fingerprint density at radius 2 is 1.92 bits per heavy atom. The molecule has 1 unspecified atom stereocenters. The van der Waals surface area contributed by atoms with E-state index < -0.39 is 0 Å². The molecule has 3 heterocycles. The van der Waals surface area contributed by atoms with Crippen LogP contribution in [-0.4, -0.2) is 46.2 Å². The smallest absolute Gasteiger partial charge is 0.226 e. The molecule has 1 fully saturated rings. The Hall–Kier alpha value is -2.96. The molecule has 1 N–H and O–H groups in total. The Balaban J connectivity index is 1.51. The Morgan fingerprint density at radius 3 is 2.72 bits per heavy atom. The third-order valence-corrected chi connectivity index (χ3v) is 4.38. The lowest BCUT2D eigenvalue weighted by Crippen LogP contribution is -2.28. The van der Waals surface area contributed by atoms with Crippen LogP contribution < -0.4 is 15.0 Å². The van der Waals surface area contributed by atoms with Crippen molar-refractivity contribution < 1.29 is 4.74 Å². The van der Waals surface area contributed by atoms with Gasteiger partial charge in [-0.2, -0.15) is 4.98 Å². The number of ether oxygens (including phenoxy) is 1. The van der Waals surface area contributed by atoms with Gasteiger partial charge in [-0.15, -0.1) is 0 Å². The first-order chi connectivity index (χ1) is 12.2. The molecule has 0 bridgehead atoms. The molecule has 4 rings (SSSR count). The number of nitrogens with one attached hydrogen (secondary N) is 1. The largest absolute Gasteiger partial charge is 0.481 e. The van der Waals surface area contributed by atoms with Gasteiger partial charge in [0.2, 0.25) is 11.8 Å². The van der Waals surface area contributed by atoms with E-state index in [1.807, 2.05) is 31.2 Å². The van der Waals surface area contributed by atoms with Crippen molar-refractivity contribution in [3.63, 3.8) is 0 Å². The SMILES string of the molecule is COc1ccnc(NC2CCN(c3nc4ccccc4nc3C)C2)n1. The molecule has 0 amide bonds. The molecular formula is C18H20N6O. The number of benzene rings is 1. The summed E-state index contributed by atoms with van der Waals surface area (Å²) in [6.45, 7) is 3.78. The third-order valence-electron chi connectivity index (χ3n) is 4.38. The standard InChI is InChI=1S/C18H20N6O/c1-12-17(22-15-6-4-3-5-14(15)20-12)24-10-8-13(11-24)21-18-19-9-7-16(23-18)25-2/h3-7,9,13H,8,10-11H2,1-2H3,(H,19,21,23). The number of aryl methyl sites for hydroxylation is 1. The normalized spacial score (nSPS) is 17.0. The van der Waals surface area contributed by atoms with Crippen LogP contribution in [0.4, 0.5) is 11.8 Å². The van der Waals surface area contributed by atoms with Gasteiger partial charge in [-0.3, -0.25) is 0 Å². The van der Waals surface area contributed by atoms with E-state index in [-0.39, 0.29) is 6.04 Å². The van der Waals surface area contributed by atoms with E-state index in [0.29, 0.717) is 11.8 Å². The van der Waals surface area contributed by atoms with Gasteiger partial charge < -0.3 is 15.0 Å². The lowest BCUT2D eigenvalue weighted by molar-refractivity contribution is 0.397. The van der Waals surface area contributed by atoms with Crippen molar-refractivity contribution in [3.8, 4) is 5.88 Å². The van der Waals surface area contributed by atoms with E-state index in [2.05, 4.69) is 25.2 Å². The predicted octanol–water partition coefficient (Wildman–Crippen LogP) is 2.43. The zero-order valence-corrected chi connectivity index (χ0v) is 14.3. The zero-order valence-electron chi connectivity index (χ0n) is 14.3. The maximum atomic E-state index is 5.15. The number of hydrogen-bond donors (Lipinski definition) is 1. The second-order valence-corrected chi connectivity index (χ2v) is 6.12. The zero-order chi connectivity index (χ0) is 17.2. The lowest BCUT2D eigenvalue weighted by Gasteiger charge is -2.20. The highest BCUT2D eigenvalue weighted by molar-refractivity contribution is 5.76. The Morgan fingerprint density at radius 1 is 1.12 bits per heavy atom. The van der Waals surface area contributed by atoms with E-state index in [0.717, 1.165) is 42.1 Å². The maximum absolute atomic E-state index is 5.15. The molecule has 1 atom stereocenters. The van der Waals surface area contributed by atoms with Gasteiger partial charge in [0.15, 0.2) is 5.82 Å². The fraction of sp³-hybridized carbons (Fsp3) is 0.333. The van der Waals surface area contributed by atoms with Gasteiger partial charge in [0.05, 0.1) is 23.8 Å². The van der Waals surface area contributed by atoms with Crippen LogP contribution in [0.1, 0.15) is 12.1 Å². The first-order valence-electron chi connectivity index (χ1n) is 8.35. The molecule has 1 aromatic carbocycles. The van der Waals surface area contributed by atoms with Crippen molar-refractivity contribution in [2.24, 2.45) is 0 Å². The number of rotatable bonds is 4. The van der Waals surface area contributed by atoms with E-state index >= 15 is 0 Å². The summed E-state index contributed by atoms with van der Waals surface area (Å²) in [5.74, 6) is 2.10. The van der Waals surface area contributed by atoms with Crippen LogP contribution in [0.3, 0.4) is 0 Å². The Bertz CT molecular complexity index is 900. The highest BCUT2D eigenvalue weighted by Gasteiger charge is 2.25. The van der Waals surface area contributed by atoms with Crippen LogP contribution in [0.5, 0.6) is 5.88 Å². The quantitative estimate of drug-likeness (QED) is 0.784. The van der Waals surface area contributed by atoms with Gasteiger partial charge >= 0.3 is 0 Å². The van der Waals surface area contributed by atoms with Crippen molar-refractivity contribution in [2.75, 3.05) is 30.4 Å². The highest BCUT2D eigenvalue weighted by atomic mass is 16.5. The minimum absolute atomic E-state index is 0.264. The minimum atomic E-state index is 0.264. The van der Waals surface area contributed by atoms with Crippen molar-refractivity contribution >= 4 is 22.8 Å². The van der Waals surface area contributed by atoms with E-state index in [9.17, 15) is 0 Å². The van der Waals surface area contributed by atoms with Crippen LogP contribution in [0, 0.1) is 6.92 Å². The fourth-order valence-electron chi connectivity index (χ4n) is 3.16. The molecule has 0 aliphatic carbocycles. The number of nitrogens with zero attached hydrogens (tertiary/aromatic N) is 5. The molecule has 2 aromatic heterocycles. The average Bonchev–Trinajstić information content (AvgIpc) is 3.09. The van der Waals surface area contributed by atoms with Crippen LogP contribution in [-0.2, 0) is 0 Å². The van der Waals surface area contributed by atoms with Crippen LogP contribution >= 0.6 is 0 Å². The van der Waals surface area contributed by atoms with Crippen molar-refractivity contribution in [2.45, 2.75) is 19.4 Å². The number of para-hydroxylation sites is 2. The average molecular weight is 336 g/mol. The number of aromatic nitrogens is 4. The van der Waals surface area contributed by atoms with Gasteiger partial charge in [-0.05, 0) is 25.5 Å². The molecule has 7 heteroatoms. The summed E-state index contributed by atoms with van der Waals surface area (Å²) < 4.78 is 5.15. The Labute approximate surface area is 146 Å². The predicted molar refractivity (Wildman–Crippen MR) is 97.1 cm³/mol. The number of hydrogen-bond acceptors (Lipinski definition) is 7. The van der Waals surface area contributed by atoms with E-state index in [1.165, 1.54) is 0 Å². The highest BCUT2D eigenvalue weighted by Crippen LogP contribution is 2.24. The molecule has 0 radical (unpaired) electrons. The summed E-state index contributed by atoms with van der Waals surface area (Å²) in [6.07, 6.45) is 2.69. The number of fused-ring (bicyclic) bond motifs is 1. The van der Waals surface area contributed by atoms with Crippen LogP contribution in [0.25, 0.3) is 11.0 Å².